The van der Waals surface area contributed by atoms with Crippen LogP contribution in [-0.4, -0.2) is 72.3 Å². The van der Waals surface area contributed by atoms with Gasteiger partial charge >= 0.3 is 0 Å². The smallest absolute Gasteiger partial charge is 0.295 e. The van der Waals surface area contributed by atoms with Gasteiger partial charge in [0.25, 0.3) is 17.4 Å². The Labute approximate surface area is 194 Å². The Bertz CT molecular complexity index is 1110. The summed E-state index contributed by atoms with van der Waals surface area (Å²) in [6.07, 6.45) is 0. The molecule has 1 heterocycles. The first-order valence-corrected chi connectivity index (χ1v) is 10.3. The number of hydrogen-bond acceptors (Lipinski definition) is 9. The number of Topliss-reactive ketones (excluding diaryl/α,β-unsaturated/α-hetero) is 1. The van der Waals surface area contributed by atoms with E-state index in [9.17, 15) is 24.8 Å². The van der Waals surface area contributed by atoms with Crippen molar-refractivity contribution in [3.8, 4) is 11.5 Å². The summed E-state index contributed by atoms with van der Waals surface area (Å²) in [4.78, 5) is 37.6. The number of hydrogen-bond donors (Lipinski definition) is 2. The van der Waals surface area contributed by atoms with Crippen LogP contribution in [0.1, 0.15) is 17.2 Å². The molecule has 180 valence electrons. The number of ether oxygens (including phenoxy) is 3. The number of amides is 1. The molecule has 1 aliphatic rings. The second kappa shape index (κ2) is 10.8. The van der Waals surface area contributed by atoms with Crippen molar-refractivity contribution in [1.29, 1.82) is 0 Å². The summed E-state index contributed by atoms with van der Waals surface area (Å²) in [7, 11) is 2.90. The average Bonchev–Trinajstić information content (AvgIpc) is 3.10. The number of likely N-dealkylation sites (tertiary alicyclic amines) is 1. The maximum atomic E-state index is 13.0. The van der Waals surface area contributed by atoms with Crippen LogP contribution in [0.5, 0.6) is 11.5 Å². The molecule has 0 aliphatic carbocycles. The van der Waals surface area contributed by atoms with Crippen molar-refractivity contribution >= 4 is 23.1 Å². The van der Waals surface area contributed by atoms with E-state index in [2.05, 4.69) is 0 Å². The van der Waals surface area contributed by atoms with Crippen LogP contribution in [0, 0.1) is 10.1 Å². The topological polar surface area (TPSA) is 149 Å². The van der Waals surface area contributed by atoms with Gasteiger partial charge in [0, 0.05) is 35.9 Å². The number of nitro benzene ring substituents is 1. The van der Waals surface area contributed by atoms with Crippen LogP contribution in [0.4, 0.5) is 5.69 Å². The fraction of sp³-hybridized carbons (Fsp3) is 0.304. The summed E-state index contributed by atoms with van der Waals surface area (Å²) in [5.74, 6) is -1.43. The third-order valence-electron chi connectivity index (χ3n) is 5.34. The minimum absolute atomic E-state index is 0.00145. The van der Waals surface area contributed by atoms with Crippen molar-refractivity contribution < 1.29 is 38.9 Å². The van der Waals surface area contributed by atoms with Crippen LogP contribution < -0.4 is 9.47 Å². The molecule has 2 N–H and O–H groups in total. The SMILES string of the molecule is COc1ccc([C@@H]2/C(=C(\O)c3ccc([N+](=O)[O-])cc3)C(=O)C(=O)N2CCOCCO)c(OC)c1. The number of non-ortho nitro benzene ring substituents is 1. The molecule has 1 fully saturated rings. The van der Waals surface area contributed by atoms with Crippen LogP contribution in [0.25, 0.3) is 5.76 Å². The largest absolute Gasteiger partial charge is 0.507 e. The van der Waals surface area contributed by atoms with Gasteiger partial charge in [0.05, 0.1) is 50.6 Å². The summed E-state index contributed by atoms with van der Waals surface area (Å²) in [5.41, 5.74) is 0.182. The summed E-state index contributed by atoms with van der Waals surface area (Å²) >= 11 is 0. The Hall–Kier alpha value is -3.96. The van der Waals surface area contributed by atoms with E-state index in [1.165, 1.54) is 43.4 Å². The first kappa shape index (κ1) is 24.7. The number of carbonyl (C=O) groups is 2. The van der Waals surface area contributed by atoms with E-state index in [-0.39, 0.29) is 43.2 Å². The van der Waals surface area contributed by atoms with Crippen LogP contribution in [0.2, 0.25) is 0 Å². The minimum Gasteiger partial charge on any atom is -0.507 e. The molecule has 34 heavy (non-hydrogen) atoms. The fourth-order valence-electron chi connectivity index (χ4n) is 3.70. The second-order valence-corrected chi connectivity index (χ2v) is 7.24. The first-order chi connectivity index (χ1) is 16.3. The maximum absolute atomic E-state index is 13.0. The van der Waals surface area contributed by atoms with E-state index < -0.39 is 28.4 Å². The van der Waals surface area contributed by atoms with E-state index in [0.717, 1.165) is 0 Å². The predicted molar refractivity (Wildman–Crippen MR) is 120 cm³/mol. The summed E-state index contributed by atoms with van der Waals surface area (Å²) in [6, 6.07) is 8.80. The zero-order valence-corrected chi connectivity index (χ0v) is 18.6. The molecule has 0 bridgehead atoms. The molecule has 0 radical (unpaired) electrons. The van der Waals surface area contributed by atoms with Crippen LogP contribution >= 0.6 is 0 Å². The highest BCUT2D eigenvalue weighted by molar-refractivity contribution is 6.46. The minimum atomic E-state index is -1.02. The number of ketones is 1. The number of methoxy groups -OCH3 is 2. The number of carbonyl (C=O) groups excluding carboxylic acids is 2. The lowest BCUT2D eigenvalue weighted by Gasteiger charge is -2.26. The van der Waals surface area contributed by atoms with Gasteiger partial charge in [-0.2, -0.15) is 0 Å². The lowest BCUT2D eigenvalue weighted by molar-refractivity contribution is -0.384. The lowest BCUT2D eigenvalue weighted by atomic mass is 9.94. The summed E-state index contributed by atoms with van der Waals surface area (Å²) in [6.45, 7) is -0.0977. The van der Waals surface area contributed by atoms with Gasteiger partial charge in [-0.05, 0) is 24.3 Å². The molecule has 2 aromatic rings. The number of aliphatic hydroxyl groups excluding tert-OH is 2. The number of aliphatic hydroxyl groups is 2. The second-order valence-electron chi connectivity index (χ2n) is 7.24. The van der Waals surface area contributed by atoms with Crippen LogP contribution in [0.15, 0.2) is 48.0 Å². The third kappa shape index (κ3) is 4.85. The molecule has 1 aliphatic heterocycles. The van der Waals surface area contributed by atoms with Crippen molar-refractivity contribution in [3.05, 3.63) is 69.3 Å². The zero-order chi connectivity index (χ0) is 24.8. The first-order valence-electron chi connectivity index (χ1n) is 10.3. The average molecular weight is 472 g/mol. The molecule has 1 amide bonds. The molecular weight excluding hydrogens is 448 g/mol. The van der Waals surface area contributed by atoms with Crippen molar-refractivity contribution in [3.63, 3.8) is 0 Å². The molecule has 0 aromatic heterocycles. The normalized spacial score (nSPS) is 17.1. The van der Waals surface area contributed by atoms with Gasteiger partial charge in [-0.15, -0.1) is 0 Å². The van der Waals surface area contributed by atoms with E-state index in [4.69, 9.17) is 19.3 Å². The Morgan fingerprint density at radius 3 is 2.38 bits per heavy atom. The highest BCUT2D eigenvalue weighted by atomic mass is 16.6. The van der Waals surface area contributed by atoms with E-state index in [1.54, 1.807) is 18.2 Å². The molecule has 11 heteroatoms. The van der Waals surface area contributed by atoms with E-state index >= 15 is 0 Å². The lowest BCUT2D eigenvalue weighted by Crippen LogP contribution is -2.33. The van der Waals surface area contributed by atoms with E-state index in [0.29, 0.717) is 17.1 Å². The summed E-state index contributed by atoms with van der Waals surface area (Å²) < 4.78 is 16.0. The molecule has 1 saturated heterocycles. The monoisotopic (exact) mass is 472 g/mol. The van der Waals surface area contributed by atoms with Gasteiger partial charge < -0.3 is 29.3 Å². The standard InChI is InChI=1S/C23H24N2O9/c1-32-16-7-8-17(18(13-16)33-2)20-19(21(27)14-3-5-15(6-4-14)25(30)31)22(28)23(29)24(20)9-11-34-12-10-26/h3-8,13,20,26-27H,9-12H2,1-2H3/b21-19+/t20-/m1/s1. The number of nitro groups is 1. The van der Waals surface area contributed by atoms with Gasteiger partial charge in [0.1, 0.15) is 17.3 Å². The molecule has 0 saturated carbocycles. The van der Waals surface area contributed by atoms with Gasteiger partial charge in [-0.3, -0.25) is 19.7 Å². The molecular formula is C23H24N2O9. The van der Waals surface area contributed by atoms with Gasteiger partial charge in [0.15, 0.2) is 0 Å². The Morgan fingerprint density at radius 1 is 1.09 bits per heavy atom. The predicted octanol–water partition coefficient (Wildman–Crippen LogP) is 2.04. The Balaban J connectivity index is 2.14. The van der Waals surface area contributed by atoms with Crippen LogP contribution in [-0.2, 0) is 14.3 Å². The fourth-order valence-corrected chi connectivity index (χ4v) is 3.70. The number of rotatable bonds is 10. The highest BCUT2D eigenvalue weighted by Crippen LogP contribution is 2.43. The number of benzene rings is 2. The molecule has 0 spiro atoms. The van der Waals surface area contributed by atoms with Gasteiger partial charge in [0.2, 0.25) is 0 Å². The van der Waals surface area contributed by atoms with E-state index in [1.807, 2.05) is 0 Å². The van der Waals surface area contributed by atoms with Crippen molar-refractivity contribution in [2.45, 2.75) is 6.04 Å². The zero-order valence-electron chi connectivity index (χ0n) is 18.6. The van der Waals surface area contributed by atoms with Gasteiger partial charge in [-0.1, -0.05) is 0 Å². The molecule has 11 nitrogen and oxygen atoms in total. The van der Waals surface area contributed by atoms with Crippen molar-refractivity contribution in [1.82, 2.24) is 4.90 Å². The highest BCUT2D eigenvalue weighted by Gasteiger charge is 2.47. The molecule has 1 atom stereocenters. The van der Waals surface area contributed by atoms with Crippen molar-refractivity contribution in [2.75, 3.05) is 40.6 Å². The molecule has 3 rings (SSSR count). The van der Waals surface area contributed by atoms with Crippen LogP contribution in [0.3, 0.4) is 0 Å². The van der Waals surface area contributed by atoms with Crippen molar-refractivity contribution in [2.24, 2.45) is 0 Å². The molecule has 0 unspecified atom stereocenters. The summed E-state index contributed by atoms with van der Waals surface area (Å²) in [5, 5.41) is 30.9. The number of nitrogens with zero attached hydrogens (tertiary/aromatic N) is 2. The Kier molecular flexibility index (Phi) is 7.82. The third-order valence-corrected chi connectivity index (χ3v) is 5.34. The quantitative estimate of drug-likeness (QED) is 0.132. The molecule has 2 aromatic carbocycles. The Morgan fingerprint density at radius 2 is 1.79 bits per heavy atom. The van der Waals surface area contributed by atoms with Gasteiger partial charge in [-0.25, -0.2) is 0 Å². The maximum Gasteiger partial charge on any atom is 0.295 e.